The molecule has 2 nitrogen and oxygen atoms in total. The highest BCUT2D eigenvalue weighted by Gasteiger charge is 2.14. The minimum absolute atomic E-state index is 0.117. The Labute approximate surface area is 115 Å². The molecule has 0 bridgehead atoms. The molecule has 0 radical (unpaired) electrons. The quantitative estimate of drug-likeness (QED) is 0.772. The highest BCUT2D eigenvalue weighted by molar-refractivity contribution is 5.22. The Morgan fingerprint density at radius 1 is 0.789 bits per heavy atom. The zero-order valence-electron chi connectivity index (χ0n) is 11.5. The molecular weight excluding hydrogens is 236 g/mol. The van der Waals surface area contributed by atoms with E-state index in [1.807, 2.05) is 60.7 Å². The van der Waals surface area contributed by atoms with Crippen LogP contribution < -0.4 is 9.47 Å². The molecule has 100 valence electrons. The Hall–Kier alpha value is -1.96. The van der Waals surface area contributed by atoms with Gasteiger partial charge in [0.2, 0.25) is 0 Å². The zero-order valence-corrected chi connectivity index (χ0v) is 11.5. The van der Waals surface area contributed by atoms with Crippen molar-refractivity contribution in [3.63, 3.8) is 0 Å². The molecule has 0 saturated heterocycles. The minimum atomic E-state index is 0.117. The molecule has 19 heavy (non-hydrogen) atoms. The fourth-order valence-electron chi connectivity index (χ4n) is 1.71. The van der Waals surface area contributed by atoms with E-state index >= 15 is 0 Å². The molecule has 0 aliphatic carbocycles. The molecule has 0 amide bonds. The number of para-hydroxylation sites is 2. The molecule has 2 unspecified atom stereocenters. The lowest BCUT2D eigenvalue weighted by Crippen LogP contribution is -2.26. The highest BCUT2D eigenvalue weighted by atomic mass is 16.5. The Bertz CT molecular complexity index is 467. The van der Waals surface area contributed by atoms with Crippen molar-refractivity contribution in [2.24, 2.45) is 5.92 Å². The van der Waals surface area contributed by atoms with Crippen LogP contribution in [0.4, 0.5) is 0 Å². The van der Waals surface area contributed by atoms with Crippen LogP contribution in [0.15, 0.2) is 60.7 Å². The van der Waals surface area contributed by atoms with Crippen LogP contribution in [-0.2, 0) is 0 Å². The van der Waals surface area contributed by atoms with Gasteiger partial charge in [0.15, 0.2) is 0 Å². The molecule has 0 saturated carbocycles. The third-order valence-electron chi connectivity index (χ3n) is 3.12. The topological polar surface area (TPSA) is 18.5 Å². The standard InChI is InChI=1S/C17H20O2/c1-14(13-18-16-9-5-3-6-10-16)15(2)19-17-11-7-4-8-12-17/h3-12,14-15H,13H2,1-2H3. The maximum atomic E-state index is 5.88. The maximum absolute atomic E-state index is 5.88. The third-order valence-corrected chi connectivity index (χ3v) is 3.12. The van der Waals surface area contributed by atoms with Gasteiger partial charge in [-0.3, -0.25) is 0 Å². The van der Waals surface area contributed by atoms with Crippen molar-refractivity contribution in [3.05, 3.63) is 60.7 Å². The van der Waals surface area contributed by atoms with Gasteiger partial charge in [0.25, 0.3) is 0 Å². The summed E-state index contributed by atoms with van der Waals surface area (Å²) in [5.74, 6) is 2.13. The first kappa shape index (κ1) is 13.5. The molecule has 0 aliphatic rings. The first-order valence-electron chi connectivity index (χ1n) is 6.65. The molecule has 2 aromatic carbocycles. The average molecular weight is 256 g/mol. The van der Waals surface area contributed by atoms with Crippen molar-refractivity contribution in [1.82, 2.24) is 0 Å². The molecule has 2 atom stereocenters. The van der Waals surface area contributed by atoms with E-state index in [2.05, 4.69) is 13.8 Å². The fourth-order valence-corrected chi connectivity index (χ4v) is 1.71. The van der Waals surface area contributed by atoms with E-state index in [1.54, 1.807) is 0 Å². The number of ether oxygens (including phenoxy) is 2. The van der Waals surface area contributed by atoms with Crippen molar-refractivity contribution in [1.29, 1.82) is 0 Å². The predicted molar refractivity (Wildman–Crippen MR) is 77.6 cm³/mol. The Balaban J connectivity index is 1.81. The summed E-state index contributed by atoms with van der Waals surface area (Å²) in [4.78, 5) is 0. The van der Waals surface area contributed by atoms with E-state index in [0.717, 1.165) is 11.5 Å². The van der Waals surface area contributed by atoms with Crippen LogP contribution in [-0.4, -0.2) is 12.7 Å². The van der Waals surface area contributed by atoms with E-state index in [9.17, 15) is 0 Å². The average Bonchev–Trinajstić information content (AvgIpc) is 2.47. The lowest BCUT2D eigenvalue weighted by molar-refractivity contribution is 0.119. The molecule has 0 fully saturated rings. The van der Waals surface area contributed by atoms with Crippen LogP contribution in [0.3, 0.4) is 0 Å². The van der Waals surface area contributed by atoms with Gasteiger partial charge in [0, 0.05) is 5.92 Å². The SMILES string of the molecule is CC(COc1ccccc1)C(C)Oc1ccccc1. The molecule has 0 aromatic heterocycles. The van der Waals surface area contributed by atoms with Crippen LogP contribution in [0.2, 0.25) is 0 Å². The van der Waals surface area contributed by atoms with Crippen molar-refractivity contribution < 1.29 is 9.47 Å². The zero-order chi connectivity index (χ0) is 13.5. The van der Waals surface area contributed by atoms with E-state index < -0.39 is 0 Å². The van der Waals surface area contributed by atoms with Crippen molar-refractivity contribution in [2.45, 2.75) is 20.0 Å². The molecule has 2 heteroatoms. The summed E-state index contributed by atoms with van der Waals surface area (Å²) in [6, 6.07) is 19.8. The van der Waals surface area contributed by atoms with Gasteiger partial charge >= 0.3 is 0 Å². The lowest BCUT2D eigenvalue weighted by Gasteiger charge is -2.21. The van der Waals surface area contributed by atoms with Gasteiger partial charge in [-0.25, -0.2) is 0 Å². The van der Waals surface area contributed by atoms with Gasteiger partial charge in [0.1, 0.15) is 17.6 Å². The predicted octanol–water partition coefficient (Wildman–Crippen LogP) is 4.17. The number of hydrogen-bond donors (Lipinski definition) is 0. The summed E-state index contributed by atoms with van der Waals surface area (Å²) in [6.07, 6.45) is 0.117. The van der Waals surface area contributed by atoms with Gasteiger partial charge < -0.3 is 9.47 Å². The Morgan fingerprint density at radius 2 is 1.32 bits per heavy atom. The summed E-state index contributed by atoms with van der Waals surface area (Å²) in [5.41, 5.74) is 0. The Morgan fingerprint density at radius 3 is 1.89 bits per heavy atom. The summed E-state index contributed by atoms with van der Waals surface area (Å²) >= 11 is 0. The molecule has 0 aliphatic heterocycles. The maximum Gasteiger partial charge on any atom is 0.119 e. The summed E-state index contributed by atoms with van der Waals surface area (Å²) in [6.45, 7) is 4.86. The second-order valence-corrected chi connectivity index (χ2v) is 4.74. The third kappa shape index (κ3) is 4.32. The number of rotatable bonds is 6. The fraction of sp³-hybridized carbons (Fsp3) is 0.294. The molecule has 2 aromatic rings. The minimum Gasteiger partial charge on any atom is -0.493 e. The van der Waals surface area contributed by atoms with Crippen molar-refractivity contribution >= 4 is 0 Å². The van der Waals surface area contributed by atoms with Crippen LogP contribution in [0.25, 0.3) is 0 Å². The van der Waals surface area contributed by atoms with E-state index in [0.29, 0.717) is 12.5 Å². The van der Waals surface area contributed by atoms with Crippen LogP contribution in [0.5, 0.6) is 11.5 Å². The van der Waals surface area contributed by atoms with Gasteiger partial charge in [-0.15, -0.1) is 0 Å². The summed E-state index contributed by atoms with van der Waals surface area (Å²) in [7, 11) is 0. The second kappa shape index (κ2) is 6.83. The van der Waals surface area contributed by atoms with Crippen LogP contribution >= 0.6 is 0 Å². The smallest absolute Gasteiger partial charge is 0.119 e. The molecule has 2 rings (SSSR count). The molecular formula is C17H20O2. The number of hydrogen-bond acceptors (Lipinski definition) is 2. The monoisotopic (exact) mass is 256 g/mol. The van der Waals surface area contributed by atoms with E-state index in [1.165, 1.54) is 0 Å². The largest absolute Gasteiger partial charge is 0.493 e. The van der Waals surface area contributed by atoms with Crippen LogP contribution in [0, 0.1) is 5.92 Å². The van der Waals surface area contributed by atoms with Crippen LogP contribution in [0.1, 0.15) is 13.8 Å². The van der Waals surface area contributed by atoms with E-state index in [4.69, 9.17) is 9.47 Å². The highest BCUT2D eigenvalue weighted by Crippen LogP contribution is 2.17. The number of benzene rings is 2. The van der Waals surface area contributed by atoms with Gasteiger partial charge in [-0.1, -0.05) is 43.3 Å². The summed E-state index contributed by atoms with van der Waals surface area (Å²) in [5, 5.41) is 0. The van der Waals surface area contributed by atoms with Gasteiger partial charge in [0.05, 0.1) is 6.61 Å². The van der Waals surface area contributed by atoms with Gasteiger partial charge in [-0.2, -0.15) is 0 Å². The van der Waals surface area contributed by atoms with Gasteiger partial charge in [-0.05, 0) is 31.2 Å². The lowest BCUT2D eigenvalue weighted by atomic mass is 10.1. The molecule has 0 spiro atoms. The van der Waals surface area contributed by atoms with E-state index in [-0.39, 0.29) is 6.10 Å². The van der Waals surface area contributed by atoms with Crippen molar-refractivity contribution in [2.75, 3.05) is 6.61 Å². The first-order valence-corrected chi connectivity index (χ1v) is 6.65. The Kier molecular flexibility index (Phi) is 4.85. The molecule has 0 N–H and O–H groups in total. The van der Waals surface area contributed by atoms with Crippen molar-refractivity contribution in [3.8, 4) is 11.5 Å². The first-order chi connectivity index (χ1) is 9.25. The normalized spacial score (nSPS) is 13.6. The molecule has 0 heterocycles. The summed E-state index contributed by atoms with van der Waals surface area (Å²) < 4.78 is 11.6. The second-order valence-electron chi connectivity index (χ2n) is 4.74.